The van der Waals surface area contributed by atoms with Crippen LogP contribution in [0, 0.1) is 10.1 Å². The van der Waals surface area contributed by atoms with Crippen molar-refractivity contribution in [3.8, 4) is 5.75 Å². The van der Waals surface area contributed by atoms with Crippen molar-refractivity contribution in [2.45, 2.75) is 39.7 Å². The van der Waals surface area contributed by atoms with Crippen molar-refractivity contribution in [1.29, 1.82) is 0 Å². The highest BCUT2D eigenvalue weighted by Crippen LogP contribution is 2.28. The predicted octanol–water partition coefficient (Wildman–Crippen LogP) is 3.59. The molecule has 100 valence electrons. The molecule has 0 amide bonds. The number of nitrogens with zero attached hydrogens (tertiary/aromatic N) is 1. The second-order valence-corrected chi connectivity index (χ2v) is 4.77. The van der Waals surface area contributed by atoms with E-state index in [-0.39, 0.29) is 11.2 Å². The summed E-state index contributed by atoms with van der Waals surface area (Å²) in [6.07, 6.45) is 0.916. The highest BCUT2D eigenvalue weighted by atomic mass is 16.6. The molecular weight excluding hydrogens is 232 g/mol. The summed E-state index contributed by atoms with van der Waals surface area (Å²) in [4.78, 5) is 10.5. The molecule has 5 heteroatoms. The summed E-state index contributed by atoms with van der Waals surface area (Å²) >= 11 is 0. The van der Waals surface area contributed by atoms with E-state index in [2.05, 4.69) is 12.2 Å². The van der Waals surface area contributed by atoms with Gasteiger partial charge in [0.15, 0.2) is 0 Å². The van der Waals surface area contributed by atoms with Crippen LogP contribution in [0.5, 0.6) is 5.75 Å². The summed E-state index contributed by atoms with van der Waals surface area (Å²) < 4.78 is 5.34. The Bertz CT molecular complexity index is 430. The maximum absolute atomic E-state index is 10.9. The van der Waals surface area contributed by atoms with E-state index in [9.17, 15) is 10.1 Å². The molecule has 0 spiro atoms. The van der Waals surface area contributed by atoms with Gasteiger partial charge in [0.05, 0.1) is 17.6 Å². The molecule has 1 N–H and O–H groups in total. The van der Waals surface area contributed by atoms with Crippen LogP contribution in [0.4, 0.5) is 11.4 Å². The zero-order valence-electron chi connectivity index (χ0n) is 11.3. The first-order valence-corrected chi connectivity index (χ1v) is 6.08. The van der Waals surface area contributed by atoms with Gasteiger partial charge < -0.3 is 10.1 Å². The lowest BCUT2D eigenvalue weighted by atomic mass is 10.0. The van der Waals surface area contributed by atoms with Crippen LogP contribution in [0.25, 0.3) is 0 Å². The molecule has 0 aromatic heterocycles. The molecule has 0 saturated carbocycles. The first-order valence-electron chi connectivity index (χ1n) is 6.08. The topological polar surface area (TPSA) is 64.4 Å². The highest BCUT2D eigenvalue weighted by molar-refractivity contribution is 5.57. The molecule has 0 atom stereocenters. The molecule has 0 bridgehead atoms. The third-order valence-corrected chi connectivity index (χ3v) is 2.78. The smallest absolute Gasteiger partial charge is 0.275 e. The predicted molar refractivity (Wildman–Crippen MR) is 72.3 cm³/mol. The molecule has 0 unspecified atom stereocenters. The first kappa shape index (κ1) is 14.3. The van der Waals surface area contributed by atoms with Crippen molar-refractivity contribution in [3.63, 3.8) is 0 Å². The minimum Gasteiger partial charge on any atom is -0.494 e. The van der Waals surface area contributed by atoms with Crippen LogP contribution in [0.2, 0.25) is 0 Å². The number of hydrogen-bond donors (Lipinski definition) is 1. The van der Waals surface area contributed by atoms with Crippen LogP contribution in [0.3, 0.4) is 0 Å². The number of anilines is 1. The van der Waals surface area contributed by atoms with E-state index in [1.807, 2.05) is 20.8 Å². The second kappa shape index (κ2) is 5.71. The van der Waals surface area contributed by atoms with Gasteiger partial charge in [0.1, 0.15) is 5.75 Å². The van der Waals surface area contributed by atoms with Gasteiger partial charge in [0.25, 0.3) is 5.69 Å². The molecule has 0 radical (unpaired) electrons. The summed E-state index contributed by atoms with van der Waals surface area (Å²) in [5, 5.41) is 14.1. The Hall–Kier alpha value is -1.78. The molecule has 0 aliphatic carbocycles. The number of hydrogen-bond acceptors (Lipinski definition) is 4. The molecule has 1 aromatic rings. The zero-order chi connectivity index (χ0) is 13.8. The fourth-order valence-corrected chi connectivity index (χ4v) is 1.49. The van der Waals surface area contributed by atoms with Gasteiger partial charge in [-0.3, -0.25) is 10.1 Å². The maximum Gasteiger partial charge on any atom is 0.275 e. The summed E-state index contributed by atoms with van der Waals surface area (Å²) in [7, 11) is 0. The van der Waals surface area contributed by atoms with Crippen LogP contribution < -0.4 is 10.1 Å². The monoisotopic (exact) mass is 252 g/mol. The van der Waals surface area contributed by atoms with Crippen LogP contribution in [-0.4, -0.2) is 17.1 Å². The van der Waals surface area contributed by atoms with E-state index in [1.54, 1.807) is 6.07 Å². The van der Waals surface area contributed by atoms with Gasteiger partial charge in [-0.05, 0) is 27.2 Å². The highest BCUT2D eigenvalue weighted by Gasteiger charge is 2.17. The summed E-state index contributed by atoms with van der Waals surface area (Å²) in [6, 6.07) is 4.75. The zero-order valence-corrected chi connectivity index (χ0v) is 11.3. The van der Waals surface area contributed by atoms with Gasteiger partial charge in [0, 0.05) is 23.4 Å². The Labute approximate surface area is 107 Å². The van der Waals surface area contributed by atoms with Gasteiger partial charge in [0.2, 0.25) is 0 Å². The van der Waals surface area contributed by atoms with Crippen molar-refractivity contribution < 1.29 is 9.66 Å². The van der Waals surface area contributed by atoms with Crippen LogP contribution in [0.1, 0.15) is 34.1 Å². The van der Waals surface area contributed by atoms with E-state index in [4.69, 9.17) is 4.74 Å². The Morgan fingerprint density at radius 2 is 2.00 bits per heavy atom. The number of nitro groups is 1. The van der Waals surface area contributed by atoms with Gasteiger partial charge in [-0.1, -0.05) is 6.92 Å². The lowest BCUT2D eigenvalue weighted by Gasteiger charge is -2.26. The number of rotatable bonds is 6. The van der Waals surface area contributed by atoms with Crippen LogP contribution in [-0.2, 0) is 0 Å². The Balaban J connectivity index is 3.06. The van der Waals surface area contributed by atoms with E-state index in [0.717, 1.165) is 6.42 Å². The molecule has 0 aliphatic heterocycles. The van der Waals surface area contributed by atoms with Gasteiger partial charge in [-0.2, -0.15) is 0 Å². The van der Waals surface area contributed by atoms with E-state index >= 15 is 0 Å². The number of benzene rings is 1. The molecular formula is C13H20N2O3. The molecule has 1 aromatic carbocycles. The van der Waals surface area contributed by atoms with Crippen molar-refractivity contribution in [3.05, 3.63) is 28.3 Å². The quantitative estimate of drug-likeness (QED) is 0.620. The summed E-state index contributed by atoms with van der Waals surface area (Å²) in [5.74, 6) is 0.515. The van der Waals surface area contributed by atoms with Crippen LogP contribution in [0.15, 0.2) is 18.2 Å². The van der Waals surface area contributed by atoms with E-state index in [0.29, 0.717) is 18.0 Å². The van der Waals surface area contributed by atoms with Gasteiger partial charge in [-0.25, -0.2) is 0 Å². The van der Waals surface area contributed by atoms with Crippen molar-refractivity contribution in [1.82, 2.24) is 0 Å². The molecule has 5 nitrogen and oxygen atoms in total. The Morgan fingerprint density at radius 3 is 2.50 bits per heavy atom. The lowest BCUT2D eigenvalue weighted by Crippen LogP contribution is -2.29. The molecule has 1 rings (SSSR count). The third-order valence-electron chi connectivity index (χ3n) is 2.78. The normalized spacial score (nSPS) is 11.1. The van der Waals surface area contributed by atoms with Gasteiger partial charge in [-0.15, -0.1) is 0 Å². The van der Waals surface area contributed by atoms with Crippen LogP contribution >= 0.6 is 0 Å². The Morgan fingerprint density at radius 1 is 1.33 bits per heavy atom. The largest absolute Gasteiger partial charge is 0.494 e. The average Bonchev–Trinajstić information content (AvgIpc) is 2.28. The number of ether oxygens (including phenoxy) is 1. The second-order valence-electron chi connectivity index (χ2n) is 4.77. The lowest BCUT2D eigenvalue weighted by molar-refractivity contribution is -0.384. The average molecular weight is 252 g/mol. The Kier molecular flexibility index (Phi) is 4.53. The molecule has 0 aliphatic rings. The molecule has 18 heavy (non-hydrogen) atoms. The van der Waals surface area contributed by atoms with E-state index in [1.165, 1.54) is 12.1 Å². The molecule has 0 fully saturated rings. The number of nitrogens with one attached hydrogen (secondary N) is 1. The molecule has 0 heterocycles. The minimum atomic E-state index is -0.410. The van der Waals surface area contributed by atoms with E-state index < -0.39 is 4.92 Å². The van der Waals surface area contributed by atoms with Crippen molar-refractivity contribution in [2.24, 2.45) is 0 Å². The number of nitro benzene ring substituents is 1. The first-order chi connectivity index (χ1) is 8.38. The number of non-ortho nitro benzene ring substituents is 1. The maximum atomic E-state index is 10.9. The van der Waals surface area contributed by atoms with Crippen molar-refractivity contribution >= 4 is 11.4 Å². The molecule has 0 saturated heterocycles. The summed E-state index contributed by atoms with van der Waals surface area (Å²) in [6.45, 7) is 8.49. The minimum absolute atomic E-state index is 0.0374. The standard InChI is InChI=1S/C13H20N2O3/c1-5-13(3,4)14-10-7-11(15(16)17)9-12(8-10)18-6-2/h7-9,14H,5-6H2,1-4H3. The SMILES string of the molecule is CCOc1cc(NC(C)(C)CC)cc([N+](=O)[O-])c1. The third kappa shape index (κ3) is 3.91. The van der Waals surface area contributed by atoms with Crippen molar-refractivity contribution in [2.75, 3.05) is 11.9 Å². The summed E-state index contributed by atoms with van der Waals surface area (Å²) in [5.41, 5.74) is 0.633. The van der Waals surface area contributed by atoms with Gasteiger partial charge >= 0.3 is 0 Å². The fraction of sp³-hybridized carbons (Fsp3) is 0.538. The fourth-order valence-electron chi connectivity index (χ4n) is 1.49.